The van der Waals surface area contributed by atoms with E-state index in [0.29, 0.717) is 45.1 Å². The highest BCUT2D eigenvalue weighted by Crippen LogP contribution is 2.17. The van der Waals surface area contributed by atoms with E-state index in [2.05, 4.69) is 15.6 Å². The van der Waals surface area contributed by atoms with Crippen molar-refractivity contribution in [3.05, 3.63) is 30.1 Å². The van der Waals surface area contributed by atoms with E-state index in [1.54, 1.807) is 18.2 Å². The molecule has 0 bridgehead atoms. The van der Waals surface area contributed by atoms with Crippen LogP contribution in [0.4, 0.5) is 4.39 Å². The quantitative estimate of drug-likeness (QED) is 0.314. The minimum absolute atomic E-state index is 0. The van der Waals surface area contributed by atoms with Gasteiger partial charge in [0.1, 0.15) is 6.10 Å². The fourth-order valence-electron chi connectivity index (χ4n) is 2.60. The van der Waals surface area contributed by atoms with Crippen LogP contribution in [0.15, 0.2) is 29.3 Å². The molecule has 154 valence electrons. The molecular formula is C17H28FIN4O3S. The Labute approximate surface area is 177 Å². The summed E-state index contributed by atoms with van der Waals surface area (Å²) in [6, 6.07) is 6.25. The lowest BCUT2D eigenvalue weighted by molar-refractivity contribution is 0.220. The molecule has 1 atom stereocenters. The van der Waals surface area contributed by atoms with Gasteiger partial charge in [-0.2, -0.15) is 0 Å². The zero-order valence-corrected chi connectivity index (χ0v) is 18.8. The maximum absolute atomic E-state index is 13.6. The normalized spacial score (nSPS) is 17.8. The fraction of sp³-hybridized carbons (Fsp3) is 0.588. The summed E-state index contributed by atoms with van der Waals surface area (Å²) in [6.45, 7) is 6.23. The molecule has 7 nitrogen and oxygen atoms in total. The van der Waals surface area contributed by atoms with Gasteiger partial charge in [0.05, 0.1) is 12.3 Å². The first-order chi connectivity index (χ1) is 12.4. The number of aliphatic imine (C=N–C) groups is 1. The Morgan fingerprint density at radius 2 is 2.11 bits per heavy atom. The van der Waals surface area contributed by atoms with Gasteiger partial charge >= 0.3 is 0 Å². The van der Waals surface area contributed by atoms with Crippen molar-refractivity contribution in [3.8, 4) is 5.75 Å². The molecule has 1 saturated heterocycles. The van der Waals surface area contributed by atoms with E-state index in [4.69, 9.17) is 4.74 Å². The molecule has 1 unspecified atom stereocenters. The van der Waals surface area contributed by atoms with Gasteiger partial charge in [-0.3, -0.25) is 0 Å². The summed E-state index contributed by atoms with van der Waals surface area (Å²) in [7, 11) is -3.08. The molecule has 0 radical (unpaired) electrons. The van der Waals surface area contributed by atoms with Crippen molar-refractivity contribution in [3.63, 3.8) is 0 Å². The average Bonchev–Trinajstić information content (AvgIpc) is 2.93. The maximum atomic E-state index is 13.6. The molecule has 2 rings (SSSR count). The number of nitrogens with zero attached hydrogens (tertiary/aromatic N) is 2. The molecule has 1 aliphatic rings. The smallest absolute Gasteiger partial charge is 0.214 e. The van der Waals surface area contributed by atoms with Crippen molar-refractivity contribution in [2.75, 3.05) is 38.5 Å². The lowest BCUT2D eigenvalue weighted by Crippen LogP contribution is -2.42. The Hall–Kier alpha value is -1.14. The number of hydrogen-bond donors (Lipinski definition) is 2. The van der Waals surface area contributed by atoms with E-state index in [1.807, 2.05) is 13.8 Å². The fourth-order valence-corrected chi connectivity index (χ4v) is 4.13. The molecule has 1 aliphatic heterocycles. The number of nitrogens with one attached hydrogen (secondary N) is 2. The monoisotopic (exact) mass is 514 g/mol. The van der Waals surface area contributed by atoms with Crippen molar-refractivity contribution in [1.29, 1.82) is 0 Å². The first-order valence-electron chi connectivity index (χ1n) is 8.83. The Morgan fingerprint density at radius 3 is 2.74 bits per heavy atom. The summed E-state index contributed by atoms with van der Waals surface area (Å²) >= 11 is 0. The Morgan fingerprint density at radius 1 is 1.37 bits per heavy atom. The lowest BCUT2D eigenvalue weighted by atomic mass is 10.3. The summed E-state index contributed by atoms with van der Waals surface area (Å²) in [6.07, 6.45) is 0.378. The third kappa shape index (κ3) is 7.78. The van der Waals surface area contributed by atoms with E-state index in [9.17, 15) is 12.8 Å². The van der Waals surface area contributed by atoms with Crippen LogP contribution < -0.4 is 15.4 Å². The van der Waals surface area contributed by atoms with Crippen LogP contribution in [0.5, 0.6) is 5.75 Å². The number of guanidine groups is 1. The summed E-state index contributed by atoms with van der Waals surface area (Å²) in [5.74, 6) is 0.604. The van der Waals surface area contributed by atoms with Crippen molar-refractivity contribution < 1.29 is 17.5 Å². The molecule has 1 aromatic carbocycles. The zero-order valence-electron chi connectivity index (χ0n) is 15.7. The molecule has 1 heterocycles. The molecular weight excluding hydrogens is 486 g/mol. The van der Waals surface area contributed by atoms with Gasteiger partial charge in [-0.05, 0) is 32.4 Å². The van der Waals surface area contributed by atoms with E-state index in [1.165, 1.54) is 10.4 Å². The summed E-state index contributed by atoms with van der Waals surface area (Å²) < 4.78 is 44.2. The zero-order chi connectivity index (χ0) is 19.0. The highest BCUT2D eigenvalue weighted by atomic mass is 127. The van der Waals surface area contributed by atoms with Crippen LogP contribution in [-0.4, -0.2) is 63.3 Å². The third-order valence-corrected chi connectivity index (χ3v) is 5.83. The molecule has 0 aromatic heterocycles. The van der Waals surface area contributed by atoms with Crippen LogP contribution in [0.3, 0.4) is 0 Å². The van der Waals surface area contributed by atoms with Gasteiger partial charge < -0.3 is 15.4 Å². The van der Waals surface area contributed by atoms with Crippen LogP contribution in [0, 0.1) is 5.82 Å². The van der Waals surface area contributed by atoms with Crippen LogP contribution in [0.1, 0.15) is 20.3 Å². The number of hydrogen-bond acceptors (Lipinski definition) is 4. The van der Waals surface area contributed by atoms with Crippen molar-refractivity contribution in [2.45, 2.75) is 26.4 Å². The van der Waals surface area contributed by atoms with Crippen molar-refractivity contribution >= 4 is 40.0 Å². The van der Waals surface area contributed by atoms with Crippen LogP contribution in [-0.2, 0) is 10.0 Å². The van der Waals surface area contributed by atoms with Gasteiger partial charge in [-0.25, -0.2) is 22.1 Å². The number of para-hydroxylation sites is 1. The third-order valence-electron chi connectivity index (χ3n) is 3.87. The predicted octanol–water partition coefficient (Wildman–Crippen LogP) is 1.80. The molecule has 0 aliphatic carbocycles. The van der Waals surface area contributed by atoms with E-state index >= 15 is 0 Å². The molecule has 27 heavy (non-hydrogen) atoms. The average molecular weight is 514 g/mol. The Bertz CT molecular complexity index is 718. The van der Waals surface area contributed by atoms with Crippen molar-refractivity contribution in [1.82, 2.24) is 14.9 Å². The Balaban J connectivity index is 0.00000364. The predicted molar refractivity (Wildman–Crippen MR) is 116 cm³/mol. The van der Waals surface area contributed by atoms with Crippen LogP contribution in [0.25, 0.3) is 0 Å². The molecule has 0 saturated carbocycles. The summed E-state index contributed by atoms with van der Waals surface area (Å²) in [5, 5.41) is 6.22. The van der Waals surface area contributed by atoms with E-state index < -0.39 is 15.8 Å². The van der Waals surface area contributed by atoms with Gasteiger partial charge in [-0.1, -0.05) is 12.1 Å². The molecule has 1 fully saturated rings. The number of sulfonamides is 1. The standard InChI is InChI=1S/C17H27FN4O3S.HI/c1-3-19-17(20-9-11-22-10-6-12-26(22,23)24)21-13-14(2)25-16-8-5-4-7-15(16)18;/h4-5,7-8,14H,3,6,9-13H2,1-2H3,(H2,19,20,21);1H. The second-order valence-corrected chi connectivity index (χ2v) is 8.16. The molecule has 0 amide bonds. The van der Waals surface area contributed by atoms with Gasteiger partial charge in [0, 0.05) is 26.2 Å². The largest absolute Gasteiger partial charge is 0.486 e. The second-order valence-electron chi connectivity index (χ2n) is 6.07. The summed E-state index contributed by atoms with van der Waals surface area (Å²) in [5.41, 5.74) is 0. The number of rotatable bonds is 8. The lowest BCUT2D eigenvalue weighted by Gasteiger charge is -2.17. The second kappa shape index (κ2) is 11.6. The minimum atomic E-state index is -3.08. The number of halogens is 2. The molecule has 10 heteroatoms. The topological polar surface area (TPSA) is 83.0 Å². The first-order valence-corrected chi connectivity index (χ1v) is 10.4. The van der Waals surface area contributed by atoms with Gasteiger partial charge in [0.15, 0.2) is 17.5 Å². The molecule has 2 N–H and O–H groups in total. The first kappa shape index (κ1) is 23.9. The SMILES string of the molecule is CCNC(=NCC(C)Oc1ccccc1F)NCCN1CCCS1(=O)=O.I. The van der Waals surface area contributed by atoms with Gasteiger partial charge in [0.2, 0.25) is 10.0 Å². The van der Waals surface area contributed by atoms with Crippen molar-refractivity contribution in [2.24, 2.45) is 4.99 Å². The van der Waals surface area contributed by atoms with Gasteiger partial charge in [0.25, 0.3) is 0 Å². The van der Waals surface area contributed by atoms with Crippen LogP contribution in [0.2, 0.25) is 0 Å². The Kier molecular flexibility index (Phi) is 10.3. The van der Waals surface area contributed by atoms with Gasteiger partial charge in [-0.15, -0.1) is 24.0 Å². The van der Waals surface area contributed by atoms with E-state index in [0.717, 1.165) is 0 Å². The number of ether oxygens (including phenoxy) is 1. The molecule has 1 aromatic rings. The molecule has 0 spiro atoms. The highest BCUT2D eigenvalue weighted by Gasteiger charge is 2.27. The van der Waals surface area contributed by atoms with Crippen LogP contribution >= 0.6 is 24.0 Å². The maximum Gasteiger partial charge on any atom is 0.214 e. The highest BCUT2D eigenvalue weighted by molar-refractivity contribution is 14.0. The number of benzene rings is 1. The summed E-state index contributed by atoms with van der Waals surface area (Å²) in [4.78, 5) is 4.42. The van der Waals surface area contributed by atoms with E-state index in [-0.39, 0.29) is 41.6 Å². The minimum Gasteiger partial charge on any atom is -0.486 e.